The minimum Gasteiger partial charge on any atom is -0.300 e. The Labute approximate surface area is 73.8 Å². The number of carbonyl (C=O) groups is 1. The lowest BCUT2D eigenvalue weighted by atomic mass is 10.2. The van der Waals surface area contributed by atoms with Gasteiger partial charge < -0.3 is 0 Å². The van der Waals surface area contributed by atoms with Gasteiger partial charge in [-0.15, -0.1) is 0 Å². The van der Waals surface area contributed by atoms with E-state index in [0.717, 1.165) is 19.3 Å². The number of carbonyl (C=O) groups excluding carboxylic acids is 1. The Kier molecular flexibility index (Phi) is 6.00. The zero-order valence-corrected chi connectivity index (χ0v) is 8.00. The molecule has 0 aromatic carbocycles. The van der Waals surface area contributed by atoms with E-state index in [0.29, 0.717) is 0 Å². The number of rotatable bonds is 4. The SMILES string of the molecule is CCCCC(I)C(=O)OO. The van der Waals surface area contributed by atoms with Crippen molar-refractivity contribution in [2.75, 3.05) is 0 Å². The molecule has 0 spiro atoms. The molecule has 60 valence electrons. The predicted octanol–water partition coefficient (Wildman–Crippen LogP) is 2.00. The summed E-state index contributed by atoms with van der Waals surface area (Å²) in [4.78, 5) is 14.1. The third-order valence-electron chi connectivity index (χ3n) is 1.16. The van der Waals surface area contributed by atoms with Crippen molar-refractivity contribution < 1.29 is 14.9 Å². The highest BCUT2D eigenvalue weighted by molar-refractivity contribution is 14.1. The van der Waals surface area contributed by atoms with Gasteiger partial charge in [0.15, 0.2) is 0 Å². The summed E-state index contributed by atoms with van der Waals surface area (Å²) >= 11 is 1.96. The molecule has 0 saturated heterocycles. The smallest absolute Gasteiger partial charge is 0.300 e. The maximum Gasteiger partial charge on any atom is 0.354 e. The highest BCUT2D eigenvalue weighted by Gasteiger charge is 2.14. The molecule has 0 aliphatic carbocycles. The van der Waals surface area contributed by atoms with Gasteiger partial charge in [-0.05, 0) is 6.42 Å². The summed E-state index contributed by atoms with van der Waals surface area (Å²) < 4.78 is -0.206. The van der Waals surface area contributed by atoms with E-state index in [9.17, 15) is 4.79 Å². The van der Waals surface area contributed by atoms with Crippen molar-refractivity contribution in [1.82, 2.24) is 0 Å². The van der Waals surface area contributed by atoms with Crippen LogP contribution in [-0.4, -0.2) is 15.2 Å². The van der Waals surface area contributed by atoms with Gasteiger partial charge in [0.25, 0.3) is 0 Å². The first-order valence-electron chi connectivity index (χ1n) is 3.21. The van der Waals surface area contributed by atoms with E-state index in [1.807, 2.05) is 29.5 Å². The number of hydrogen-bond donors (Lipinski definition) is 1. The van der Waals surface area contributed by atoms with E-state index in [2.05, 4.69) is 4.89 Å². The first-order chi connectivity index (χ1) is 4.72. The second-order valence-electron chi connectivity index (χ2n) is 2.02. The highest BCUT2D eigenvalue weighted by Crippen LogP contribution is 2.11. The van der Waals surface area contributed by atoms with Crippen LogP contribution in [0.2, 0.25) is 0 Å². The molecule has 0 bridgehead atoms. The molecule has 3 nitrogen and oxygen atoms in total. The van der Waals surface area contributed by atoms with Crippen molar-refractivity contribution >= 4 is 28.6 Å². The third kappa shape index (κ3) is 4.05. The van der Waals surface area contributed by atoms with E-state index < -0.39 is 5.97 Å². The standard InChI is InChI=1S/C6H11IO3/c1-2-3-4-5(7)6(8)10-9/h5,9H,2-4H2,1H3. The fourth-order valence-corrected chi connectivity index (χ4v) is 1.11. The highest BCUT2D eigenvalue weighted by atomic mass is 127. The number of alkyl halides is 1. The van der Waals surface area contributed by atoms with E-state index in [1.165, 1.54) is 0 Å². The van der Waals surface area contributed by atoms with E-state index >= 15 is 0 Å². The Hall–Kier alpha value is 0.160. The van der Waals surface area contributed by atoms with Crippen LogP contribution in [0.3, 0.4) is 0 Å². The lowest BCUT2D eigenvalue weighted by Gasteiger charge is -2.02. The van der Waals surface area contributed by atoms with E-state index in [1.54, 1.807) is 0 Å². The van der Waals surface area contributed by atoms with Gasteiger partial charge in [-0.1, -0.05) is 42.4 Å². The second-order valence-corrected chi connectivity index (χ2v) is 3.52. The largest absolute Gasteiger partial charge is 0.354 e. The zero-order valence-electron chi connectivity index (χ0n) is 5.84. The summed E-state index contributed by atoms with van der Waals surface area (Å²) in [5.74, 6) is -0.547. The van der Waals surface area contributed by atoms with Crippen LogP contribution in [0.15, 0.2) is 0 Å². The predicted molar refractivity (Wildman–Crippen MR) is 46.1 cm³/mol. The zero-order chi connectivity index (χ0) is 7.98. The van der Waals surface area contributed by atoms with Crippen LogP contribution in [0.5, 0.6) is 0 Å². The van der Waals surface area contributed by atoms with Gasteiger partial charge in [-0.3, -0.25) is 4.89 Å². The molecule has 0 fully saturated rings. The van der Waals surface area contributed by atoms with E-state index in [4.69, 9.17) is 5.26 Å². The molecular weight excluding hydrogens is 247 g/mol. The Morgan fingerprint density at radius 1 is 1.80 bits per heavy atom. The average Bonchev–Trinajstić information content (AvgIpc) is 1.98. The maximum absolute atomic E-state index is 10.5. The lowest BCUT2D eigenvalue weighted by Crippen LogP contribution is -2.15. The van der Waals surface area contributed by atoms with Crippen LogP contribution in [0.4, 0.5) is 0 Å². The molecule has 0 saturated carbocycles. The van der Waals surface area contributed by atoms with Crippen LogP contribution in [0.25, 0.3) is 0 Å². The maximum atomic E-state index is 10.5. The number of hydrogen-bond acceptors (Lipinski definition) is 3. The number of halogens is 1. The van der Waals surface area contributed by atoms with Crippen LogP contribution >= 0.6 is 22.6 Å². The van der Waals surface area contributed by atoms with Crippen LogP contribution in [0, 0.1) is 0 Å². The van der Waals surface area contributed by atoms with Gasteiger partial charge in [0.2, 0.25) is 0 Å². The summed E-state index contributed by atoms with van der Waals surface area (Å²) in [6, 6.07) is 0. The van der Waals surface area contributed by atoms with Crippen molar-refractivity contribution in [2.24, 2.45) is 0 Å². The number of unbranched alkanes of at least 4 members (excludes halogenated alkanes) is 1. The molecule has 0 aromatic heterocycles. The molecule has 0 amide bonds. The van der Waals surface area contributed by atoms with Crippen LogP contribution < -0.4 is 0 Å². The fourth-order valence-electron chi connectivity index (χ4n) is 0.558. The summed E-state index contributed by atoms with van der Waals surface area (Å²) in [5, 5.41) is 7.95. The minimum absolute atomic E-state index is 0.206. The quantitative estimate of drug-likeness (QED) is 0.363. The fraction of sp³-hybridized carbons (Fsp3) is 0.833. The summed E-state index contributed by atoms with van der Waals surface area (Å²) in [7, 11) is 0. The van der Waals surface area contributed by atoms with Gasteiger partial charge in [-0.25, -0.2) is 4.79 Å². The molecule has 0 aliphatic heterocycles. The molecule has 0 rings (SSSR count). The summed E-state index contributed by atoms with van der Waals surface area (Å²) in [6.07, 6.45) is 2.82. The third-order valence-corrected chi connectivity index (χ3v) is 2.29. The van der Waals surface area contributed by atoms with Crippen molar-refractivity contribution in [3.05, 3.63) is 0 Å². The Morgan fingerprint density at radius 2 is 2.40 bits per heavy atom. The average molecular weight is 258 g/mol. The van der Waals surface area contributed by atoms with Gasteiger partial charge in [0, 0.05) is 0 Å². The van der Waals surface area contributed by atoms with Crippen molar-refractivity contribution in [3.8, 4) is 0 Å². The Balaban J connectivity index is 3.41. The minimum atomic E-state index is -0.547. The van der Waals surface area contributed by atoms with Gasteiger partial charge in [0.1, 0.15) is 3.92 Å². The molecule has 0 radical (unpaired) electrons. The van der Waals surface area contributed by atoms with E-state index in [-0.39, 0.29) is 3.92 Å². The molecule has 1 atom stereocenters. The van der Waals surface area contributed by atoms with Crippen LogP contribution in [-0.2, 0) is 9.68 Å². The monoisotopic (exact) mass is 258 g/mol. The molecule has 10 heavy (non-hydrogen) atoms. The molecule has 0 aromatic rings. The first kappa shape index (κ1) is 10.2. The lowest BCUT2D eigenvalue weighted by molar-refractivity contribution is -0.233. The first-order valence-corrected chi connectivity index (χ1v) is 4.46. The molecular formula is C6H11IO3. The molecule has 1 unspecified atom stereocenters. The van der Waals surface area contributed by atoms with Crippen LogP contribution in [0.1, 0.15) is 26.2 Å². The van der Waals surface area contributed by atoms with Crippen molar-refractivity contribution in [2.45, 2.75) is 30.1 Å². The van der Waals surface area contributed by atoms with Gasteiger partial charge in [0.05, 0.1) is 0 Å². The normalized spacial score (nSPS) is 12.7. The van der Waals surface area contributed by atoms with Crippen molar-refractivity contribution in [3.63, 3.8) is 0 Å². The van der Waals surface area contributed by atoms with Gasteiger partial charge in [-0.2, -0.15) is 5.26 Å². The van der Waals surface area contributed by atoms with Gasteiger partial charge >= 0.3 is 5.97 Å². The Bertz CT molecular complexity index is 105. The molecule has 4 heteroatoms. The molecule has 0 heterocycles. The Morgan fingerprint density at radius 3 is 2.80 bits per heavy atom. The van der Waals surface area contributed by atoms with Crippen molar-refractivity contribution in [1.29, 1.82) is 0 Å². The summed E-state index contributed by atoms with van der Waals surface area (Å²) in [5.41, 5.74) is 0. The molecule has 1 N–H and O–H groups in total. The summed E-state index contributed by atoms with van der Waals surface area (Å²) in [6.45, 7) is 2.05. The second kappa shape index (κ2) is 5.91. The molecule has 0 aliphatic rings. The topological polar surface area (TPSA) is 46.5 Å².